The van der Waals surface area contributed by atoms with E-state index >= 15 is 0 Å². The highest BCUT2D eigenvalue weighted by atomic mass is 32.2. The van der Waals surface area contributed by atoms with Crippen LogP contribution in [0.2, 0.25) is 0 Å². The molecule has 15 heteroatoms. The Morgan fingerprint density at radius 3 is 2.52 bits per heavy atom. The Balaban J connectivity index is 1.85. The number of benzene rings is 1. The van der Waals surface area contributed by atoms with Crippen LogP contribution in [-0.2, 0) is 24.8 Å². The SMILES string of the molecule is COc1ccc(S(=O)(=O)NC(=O)c2cc(S(=O)(=O)N3CCOCC3)c[nH]2)c([N+](=O)[O-])c1. The number of aromatic nitrogens is 1. The van der Waals surface area contributed by atoms with E-state index in [2.05, 4.69) is 4.98 Å². The summed E-state index contributed by atoms with van der Waals surface area (Å²) in [7, 11) is -7.30. The smallest absolute Gasteiger partial charge is 0.293 e. The van der Waals surface area contributed by atoms with Crippen molar-refractivity contribution in [2.75, 3.05) is 33.4 Å². The van der Waals surface area contributed by atoms with E-state index in [1.54, 1.807) is 4.72 Å². The van der Waals surface area contributed by atoms with Crippen LogP contribution in [0, 0.1) is 10.1 Å². The van der Waals surface area contributed by atoms with Gasteiger partial charge in [0.1, 0.15) is 16.3 Å². The fraction of sp³-hybridized carbons (Fsp3) is 0.312. The van der Waals surface area contributed by atoms with Crippen LogP contribution >= 0.6 is 0 Å². The van der Waals surface area contributed by atoms with Gasteiger partial charge in [0, 0.05) is 19.3 Å². The van der Waals surface area contributed by atoms with E-state index in [1.807, 2.05) is 0 Å². The second-order valence-corrected chi connectivity index (χ2v) is 9.88. The second kappa shape index (κ2) is 8.62. The van der Waals surface area contributed by atoms with Crippen molar-refractivity contribution in [3.63, 3.8) is 0 Å². The number of nitro benzene ring substituents is 1. The zero-order chi connectivity index (χ0) is 22.8. The maximum absolute atomic E-state index is 12.6. The van der Waals surface area contributed by atoms with E-state index in [0.29, 0.717) is 0 Å². The van der Waals surface area contributed by atoms with Crippen molar-refractivity contribution in [3.05, 3.63) is 46.3 Å². The first-order chi connectivity index (χ1) is 14.6. The Hall–Kier alpha value is -3.01. The van der Waals surface area contributed by atoms with Gasteiger partial charge in [0.2, 0.25) is 10.0 Å². The van der Waals surface area contributed by atoms with Gasteiger partial charge in [-0.05, 0) is 18.2 Å². The molecule has 0 atom stereocenters. The first kappa shape index (κ1) is 22.7. The van der Waals surface area contributed by atoms with E-state index in [0.717, 1.165) is 24.4 Å². The third kappa shape index (κ3) is 4.68. The summed E-state index contributed by atoms with van der Waals surface area (Å²) in [5.41, 5.74) is -1.15. The molecule has 1 amide bonds. The van der Waals surface area contributed by atoms with Gasteiger partial charge in [0.15, 0.2) is 4.90 Å². The summed E-state index contributed by atoms with van der Waals surface area (Å²) in [6.45, 7) is 0.751. The van der Waals surface area contributed by atoms with E-state index in [1.165, 1.54) is 17.5 Å². The maximum Gasteiger partial charge on any atom is 0.293 e. The Bertz CT molecular complexity index is 1220. The number of ether oxygens (including phenoxy) is 2. The highest BCUT2D eigenvalue weighted by Crippen LogP contribution is 2.28. The van der Waals surface area contributed by atoms with Crippen LogP contribution in [0.25, 0.3) is 0 Å². The molecule has 3 rings (SSSR count). The number of amides is 1. The Labute approximate surface area is 177 Å². The summed E-state index contributed by atoms with van der Waals surface area (Å²) in [5.74, 6) is -1.13. The average Bonchev–Trinajstić information content (AvgIpc) is 3.25. The number of sulfonamides is 2. The number of nitrogens with one attached hydrogen (secondary N) is 2. The van der Waals surface area contributed by atoms with Crippen molar-refractivity contribution >= 4 is 31.6 Å². The largest absolute Gasteiger partial charge is 0.497 e. The highest BCUT2D eigenvalue weighted by Gasteiger charge is 2.31. The van der Waals surface area contributed by atoms with E-state index < -0.39 is 41.5 Å². The number of morpholine rings is 1. The monoisotopic (exact) mass is 474 g/mol. The van der Waals surface area contributed by atoms with Crippen LogP contribution in [0.4, 0.5) is 5.69 Å². The Morgan fingerprint density at radius 2 is 1.90 bits per heavy atom. The highest BCUT2D eigenvalue weighted by molar-refractivity contribution is 7.90. The number of aromatic amines is 1. The number of nitro groups is 1. The van der Waals surface area contributed by atoms with Crippen molar-refractivity contribution in [2.45, 2.75) is 9.79 Å². The molecule has 0 unspecified atom stereocenters. The van der Waals surface area contributed by atoms with Crippen LogP contribution in [0.15, 0.2) is 40.3 Å². The van der Waals surface area contributed by atoms with Gasteiger partial charge < -0.3 is 14.5 Å². The molecular formula is C16H18N4O9S2. The first-order valence-corrected chi connectivity index (χ1v) is 11.6. The zero-order valence-electron chi connectivity index (χ0n) is 16.1. The molecule has 0 saturated carbocycles. The Kier molecular flexibility index (Phi) is 6.30. The standard InChI is InChI=1S/C16H18N4O9S2/c1-28-11-2-3-15(14(8-11)20(22)23)30(24,25)18-16(21)13-9-12(10-17-13)31(26,27)19-4-6-29-7-5-19/h2-3,8-10,17H,4-7H2,1H3,(H,18,21). The molecule has 1 aliphatic rings. The molecule has 1 aliphatic heterocycles. The zero-order valence-corrected chi connectivity index (χ0v) is 17.7. The summed E-state index contributed by atoms with van der Waals surface area (Å²) in [6, 6.07) is 4.00. The molecule has 2 heterocycles. The van der Waals surface area contributed by atoms with Crippen LogP contribution in [-0.4, -0.2) is 70.4 Å². The molecule has 31 heavy (non-hydrogen) atoms. The molecule has 1 aromatic carbocycles. The van der Waals surface area contributed by atoms with Gasteiger partial charge >= 0.3 is 0 Å². The minimum absolute atomic E-state index is 0.0549. The van der Waals surface area contributed by atoms with Crippen LogP contribution in [0.1, 0.15) is 10.5 Å². The molecule has 2 N–H and O–H groups in total. The lowest BCUT2D eigenvalue weighted by atomic mass is 10.3. The number of hydrogen-bond acceptors (Lipinski definition) is 9. The molecule has 0 bridgehead atoms. The summed E-state index contributed by atoms with van der Waals surface area (Å²) >= 11 is 0. The molecule has 0 radical (unpaired) electrons. The van der Waals surface area contributed by atoms with Crippen molar-refractivity contribution in [3.8, 4) is 5.75 Å². The van der Waals surface area contributed by atoms with Crippen LogP contribution in [0.5, 0.6) is 5.75 Å². The van der Waals surface area contributed by atoms with E-state index in [9.17, 15) is 31.7 Å². The summed E-state index contributed by atoms with van der Waals surface area (Å²) in [5, 5.41) is 11.2. The summed E-state index contributed by atoms with van der Waals surface area (Å²) in [6.07, 6.45) is 1.06. The van der Waals surface area contributed by atoms with Gasteiger partial charge in [-0.25, -0.2) is 21.6 Å². The lowest BCUT2D eigenvalue weighted by molar-refractivity contribution is -0.387. The number of rotatable bonds is 7. The lowest BCUT2D eigenvalue weighted by Crippen LogP contribution is -2.40. The first-order valence-electron chi connectivity index (χ1n) is 8.72. The maximum atomic E-state index is 12.6. The van der Waals surface area contributed by atoms with Gasteiger partial charge in [0.05, 0.1) is 31.3 Å². The molecular weight excluding hydrogens is 456 g/mol. The lowest BCUT2D eigenvalue weighted by Gasteiger charge is -2.25. The van der Waals surface area contributed by atoms with E-state index in [4.69, 9.17) is 9.47 Å². The third-order valence-electron chi connectivity index (χ3n) is 4.39. The van der Waals surface area contributed by atoms with Crippen molar-refractivity contribution in [2.24, 2.45) is 0 Å². The van der Waals surface area contributed by atoms with Gasteiger partial charge in [-0.1, -0.05) is 0 Å². The third-order valence-corrected chi connectivity index (χ3v) is 7.64. The van der Waals surface area contributed by atoms with Crippen LogP contribution in [0.3, 0.4) is 0 Å². The average molecular weight is 474 g/mol. The molecule has 0 spiro atoms. The second-order valence-electron chi connectivity index (χ2n) is 6.29. The number of nitrogens with zero attached hydrogens (tertiary/aromatic N) is 2. The molecule has 13 nitrogen and oxygen atoms in total. The predicted octanol–water partition coefficient (Wildman–Crippen LogP) is 0.0711. The number of methoxy groups -OCH3 is 1. The molecule has 0 aliphatic carbocycles. The number of H-pyrrole nitrogens is 1. The van der Waals surface area contributed by atoms with Crippen molar-refractivity contribution in [1.29, 1.82) is 0 Å². The molecule has 1 aromatic heterocycles. The number of hydrogen-bond donors (Lipinski definition) is 2. The molecule has 1 saturated heterocycles. The van der Waals surface area contributed by atoms with Gasteiger partial charge in [-0.2, -0.15) is 4.31 Å². The fourth-order valence-corrected chi connectivity index (χ4v) is 5.34. The number of carbonyl (C=O) groups is 1. The molecule has 168 valence electrons. The minimum Gasteiger partial charge on any atom is -0.497 e. The normalized spacial score (nSPS) is 15.4. The van der Waals surface area contributed by atoms with Crippen molar-refractivity contribution in [1.82, 2.24) is 14.0 Å². The predicted molar refractivity (Wildman–Crippen MR) is 105 cm³/mol. The molecule has 2 aromatic rings. The quantitative estimate of drug-likeness (QED) is 0.415. The Morgan fingerprint density at radius 1 is 1.23 bits per heavy atom. The summed E-state index contributed by atoms with van der Waals surface area (Å²) < 4.78 is 63.2. The van der Waals surface area contributed by atoms with Crippen molar-refractivity contribution < 1.29 is 36.0 Å². The topological polar surface area (TPSA) is 178 Å². The van der Waals surface area contributed by atoms with Crippen LogP contribution < -0.4 is 9.46 Å². The van der Waals surface area contributed by atoms with Gasteiger partial charge in [-0.15, -0.1) is 0 Å². The fourth-order valence-electron chi connectivity index (χ4n) is 2.82. The summed E-state index contributed by atoms with van der Waals surface area (Å²) in [4.78, 5) is 24.2. The molecule has 1 fully saturated rings. The van der Waals surface area contributed by atoms with E-state index in [-0.39, 0.29) is 42.6 Å². The van der Waals surface area contributed by atoms with Gasteiger partial charge in [0.25, 0.3) is 21.6 Å². The number of carbonyl (C=O) groups excluding carboxylic acids is 1. The van der Waals surface area contributed by atoms with Gasteiger partial charge in [-0.3, -0.25) is 14.9 Å². The minimum atomic E-state index is -4.65.